The van der Waals surface area contributed by atoms with E-state index in [-0.39, 0.29) is 0 Å². The number of hydrogen-bond acceptors (Lipinski definition) is 3. The molecule has 0 aliphatic heterocycles. The first kappa shape index (κ1) is 7.46. The zero-order valence-electron chi connectivity index (χ0n) is 6.06. The lowest BCUT2D eigenvalue weighted by atomic mass is 10.5. The molecule has 0 aliphatic carbocycles. The topological polar surface area (TPSA) is 73.8 Å². The van der Waals surface area contributed by atoms with Gasteiger partial charge in [-0.2, -0.15) is 5.10 Å². The number of hydrogen-bond donors (Lipinski definition) is 1. The Labute approximate surface area is 63.5 Å². The van der Waals surface area contributed by atoms with Crippen LogP contribution in [0.25, 0.3) is 6.08 Å². The number of aryl methyl sites for hydroxylation is 1. The maximum absolute atomic E-state index is 10.3. The zero-order chi connectivity index (χ0) is 8.27. The van der Waals surface area contributed by atoms with E-state index in [4.69, 9.17) is 5.73 Å². The third-order valence-corrected chi connectivity index (χ3v) is 1.01. The zero-order valence-corrected chi connectivity index (χ0v) is 6.06. The van der Waals surface area contributed by atoms with Crippen LogP contribution in [0.4, 0.5) is 0 Å². The lowest BCUT2D eigenvalue weighted by molar-refractivity contribution is -0.113. The van der Waals surface area contributed by atoms with E-state index in [1.165, 1.54) is 12.2 Å². The van der Waals surface area contributed by atoms with Gasteiger partial charge in [0.1, 0.15) is 6.33 Å². The molecule has 0 saturated carbocycles. The average Bonchev–Trinajstić information content (AvgIpc) is 2.31. The quantitative estimate of drug-likeness (QED) is 0.570. The number of aromatic nitrogens is 3. The fourth-order valence-corrected chi connectivity index (χ4v) is 0.589. The number of amides is 1. The van der Waals surface area contributed by atoms with Crippen LogP contribution in [-0.4, -0.2) is 20.7 Å². The summed E-state index contributed by atoms with van der Waals surface area (Å²) in [7, 11) is 1.74. The van der Waals surface area contributed by atoms with E-state index in [9.17, 15) is 4.79 Å². The maximum atomic E-state index is 10.3. The molecule has 1 heterocycles. The molecule has 1 aromatic rings. The highest BCUT2D eigenvalue weighted by molar-refractivity contribution is 5.89. The highest BCUT2D eigenvalue weighted by Gasteiger charge is 1.91. The summed E-state index contributed by atoms with van der Waals surface area (Å²) in [5.41, 5.74) is 4.86. The SMILES string of the molecule is Cn1cnc(C=CC(N)=O)n1. The van der Waals surface area contributed by atoms with Gasteiger partial charge in [0.2, 0.25) is 5.91 Å². The van der Waals surface area contributed by atoms with Crippen LogP contribution in [0.15, 0.2) is 12.4 Å². The third kappa shape index (κ3) is 2.21. The summed E-state index contributed by atoms with van der Waals surface area (Å²) in [4.78, 5) is 14.1. The first-order chi connectivity index (χ1) is 5.18. The number of nitrogens with zero attached hydrogens (tertiary/aromatic N) is 3. The molecule has 0 unspecified atom stereocenters. The molecule has 1 rings (SSSR count). The van der Waals surface area contributed by atoms with Gasteiger partial charge >= 0.3 is 0 Å². The van der Waals surface area contributed by atoms with E-state index in [2.05, 4.69) is 10.1 Å². The fourth-order valence-electron chi connectivity index (χ4n) is 0.589. The lowest BCUT2D eigenvalue weighted by Crippen LogP contribution is -2.05. The first-order valence-corrected chi connectivity index (χ1v) is 3.01. The molecule has 0 aromatic carbocycles. The summed E-state index contributed by atoms with van der Waals surface area (Å²) in [6, 6.07) is 0. The van der Waals surface area contributed by atoms with Crippen molar-refractivity contribution in [2.75, 3.05) is 0 Å². The fraction of sp³-hybridized carbons (Fsp3) is 0.167. The smallest absolute Gasteiger partial charge is 0.241 e. The molecule has 0 bridgehead atoms. The molecule has 0 fully saturated rings. The molecule has 58 valence electrons. The van der Waals surface area contributed by atoms with Crippen LogP contribution in [0.5, 0.6) is 0 Å². The molecular formula is C6H8N4O. The predicted molar refractivity (Wildman–Crippen MR) is 39.2 cm³/mol. The van der Waals surface area contributed by atoms with Crippen LogP contribution in [0.1, 0.15) is 5.82 Å². The summed E-state index contributed by atoms with van der Waals surface area (Å²) in [6.07, 6.45) is 4.22. The molecule has 1 aromatic heterocycles. The van der Waals surface area contributed by atoms with Gasteiger partial charge in [0.25, 0.3) is 0 Å². The third-order valence-electron chi connectivity index (χ3n) is 1.01. The van der Waals surface area contributed by atoms with Crippen molar-refractivity contribution in [3.63, 3.8) is 0 Å². The molecule has 5 nitrogen and oxygen atoms in total. The molecule has 2 N–H and O–H groups in total. The van der Waals surface area contributed by atoms with E-state index >= 15 is 0 Å². The highest BCUT2D eigenvalue weighted by atomic mass is 16.1. The Hall–Kier alpha value is -1.65. The van der Waals surface area contributed by atoms with E-state index < -0.39 is 5.91 Å². The van der Waals surface area contributed by atoms with Crippen molar-refractivity contribution in [1.82, 2.24) is 14.8 Å². The predicted octanol–water partition coefficient (Wildman–Crippen LogP) is -0.686. The summed E-state index contributed by atoms with van der Waals surface area (Å²) in [5, 5.41) is 3.89. The molecular weight excluding hydrogens is 144 g/mol. The summed E-state index contributed by atoms with van der Waals surface area (Å²) >= 11 is 0. The molecule has 0 atom stereocenters. The largest absolute Gasteiger partial charge is 0.366 e. The summed E-state index contributed by atoms with van der Waals surface area (Å²) < 4.78 is 1.54. The number of nitrogens with two attached hydrogens (primary N) is 1. The highest BCUT2D eigenvalue weighted by Crippen LogP contribution is 1.90. The molecule has 11 heavy (non-hydrogen) atoms. The number of primary amides is 1. The standard InChI is InChI=1S/C6H8N4O/c1-10-4-8-6(9-10)3-2-5(7)11/h2-4H,1H3,(H2,7,11). The maximum Gasteiger partial charge on any atom is 0.241 e. The number of carbonyl (C=O) groups is 1. The summed E-state index contributed by atoms with van der Waals surface area (Å²) in [6.45, 7) is 0. The molecule has 1 amide bonds. The van der Waals surface area contributed by atoms with Crippen molar-refractivity contribution in [1.29, 1.82) is 0 Å². The Morgan fingerprint density at radius 1 is 1.82 bits per heavy atom. The normalized spacial score (nSPS) is 10.6. The van der Waals surface area contributed by atoms with Gasteiger partial charge in [-0.25, -0.2) is 4.98 Å². The van der Waals surface area contributed by atoms with E-state index in [1.807, 2.05) is 0 Å². The van der Waals surface area contributed by atoms with Crippen molar-refractivity contribution < 1.29 is 4.79 Å². The number of rotatable bonds is 2. The van der Waals surface area contributed by atoms with Crippen molar-refractivity contribution in [2.45, 2.75) is 0 Å². The van der Waals surface area contributed by atoms with Crippen molar-refractivity contribution in [3.05, 3.63) is 18.2 Å². The Kier molecular flexibility index (Phi) is 2.00. The molecule has 0 aliphatic rings. The number of carbonyl (C=O) groups excluding carboxylic acids is 1. The average molecular weight is 152 g/mol. The second kappa shape index (κ2) is 2.96. The minimum absolute atomic E-state index is 0.478. The minimum Gasteiger partial charge on any atom is -0.366 e. The van der Waals surface area contributed by atoms with Crippen LogP contribution >= 0.6 is 0 Å². The van der Waals surface area contributed by atoms with E-state index in [0.29, 0.717) is 5.82 Å². The Morgan fingerprint density at radius 2 is 2.55 bits per heavy atom. The van der Waals surface area contributed by atoms with Crippen LogP contribution in [0, 0.1) is 0 Å². The van der Waals surface area contributed by atoms with Gasteiger partial charge in [0, 0.05) is 13.1 Å². The Morgan fingerprint density at radius 3 is 3.00 bits per heavy atom. The monoisotopic (exact) mass is 152 g/mol. The van der Waals surface area contributed by atoms with Crippen LogP contribution < -0.4 is 5.73 Å². The van der Waals surface area contributed by atoms with Crippen LogP contribution in [-0.2, 0) is 11.8 Å². The van der Waals surface area contributed by atoms with Gasteiger partial charge in [0.05, 0.1) is 0 Å². The van der Waals surface area contributed by atoms with Crippen LogP contribution in [0.2, 0.25) is 0 Å². The molecule has 5 heteroatoms. The van der Waals surface area contributed by atoms with E-state index in [0.717, 1.165) is 0 Å². The summed E-state index contributed by atoms with van der Waals surface area (Å²) in [5.74, 6) is -0.0243. The first-order valence-electron chi connectivity index (χ1n) is 3.01. The van der Waals surface area contributed by atoms with Crippen LogP contribution in [0.3, 0.4) is 0 Å². The molecule has 0 spiro atoms. The molecule has 0 saturated heterocycles. The van der Waals surface area contributed by atoms with E-state index in [1.54, 1.807) is 18.1 Å². The van der Waals surface area contributed by atoms with Gasteiger partial charge in [-0.3, -0.25) is 9.48 Å². The van der Waals surface area contributed by atoms with Gasteiger partial charge in [0.15, 0.2) is 5.82 Å². The van der Waals surface area contributed by atoms with Gasteiger partial charge in [-0.1, -0.05) is 0 Å². The lowest BCUT2D eigenvalue weighted by Gasteiger charge is -1.80. The second-order valence-electron chi connectivity index (χ2n) is 2.01. The van der Waals surface area contributed by atoms with Gasteiger partial charge in [-0.05, 0) is 6.08 Å². The van der Waals surface area contributed by atoms with Gasteiger partial charge < -0.3 is 5.73 Å². The van der Waals surface area contributed by atoms with Crippen molar-refractivity contribution >= 4 is 12.0 Å². The molecule has 0 radical (unpaired) electrons. The van der Waals surface area contributed by atoms with Gasteiger partial charge in [-0.15, -0.1) is 0 Å². The second-order valence-corrected chi connectivity index (χ2v) is 2.01. The van der Waals surface area contributed by atoms with Crippen molar-refractivity contribution in [2.24, 2.45) is 12.8 Å². The Balaban J connectivity index is 2.71. The van der Waals surface area contributed by atoms with Crippen molar-refractivity contribution in [3.8, 4) is 0 Å². The Bertz CT molecular complexity index is 289. The minimum atomic E-state index is -0.502.